The second-order valence-electron chi connectivity index (χ2n) is 6.39. The molecule has 0 amide bonds. The van der Waals surface area contributed by atoms with Gasteiger partial charge in [-0.05, 0) is 49.7 Å². The molecule has 0 aliphatic carbocycles. The summed E-state index contributed by atoms with van der Waals surface area (Å²) >= 11 is 0. The molecule has 1 N–H and O–H groups in total. The van der Waals surface area contributed by atoms with Crippen molar-refractivity contribution >= 4 is 10.8 Å². The summed E-state index contributed by atoms with van der Waals surface area (Å²) in [6.45, 7) is 0. The molecular formula is C17H20N2O. The Morgan fingerprint density at radius 2 is 1.95 bits per heavy atom. The van der Waals surface area contributed by atoms with E-state index in [9.17, 15) is 5.11 Å². The summed E-state index contributed by atoms with van der Waals surface area (Å²) in [6, 6.07) is 9.28. The minimum atomic E-state index is -0.694. The van der Waals surface area contributed by atoms with Crippen LogP contribution in [0.3, 0.4) is 0 Å². The van der Waals surface area contributed by atoms with Crippen molar-refractivity contribution in [2.45, 2.75) is 43.4 Å². The van der Waals surface area contributed by atoms with E-state index >= 15 is 0 Å². The normalized spacial score (nSPS) is 33.7. The lowest BCUT2D eigenvalue weighted by Crippen LogP contribution is -2.47. The van der Waals surface area contributed by atoms with Gasteiger partial charge in [-0.3, -0.25) is 4.98 Å². The molecule has 3 heteroatoms. The van der Waals surface area contributed by atoms with Crippen molar-refractivity contribution in [3.05, 3.63) is 42.2 Å². The number of nitrogens with zero attached hydrogens (tertiary/aromatic N) is 2. The number of benzene rings is 1. The first-order chi connectivity index (χ1) is 9.67. The number of aliphatic hydroxyl groups is 1. The molecule has 3 nitrogen and oxygen atoms in total. The van der Waals surface area contributed by atoms with Crippen LogP contribution in [0.25, 0.3) is 10.8 Å². The van der Waals surface area contributed by atoms with Gasteiger partial charge in [0, 0.05) is 29.9 Å². The Bertz CT molecular complexity index is 635. The zero-order valence-corrected chi connectivity index (χ0v) is 11.8. The van der Waals surface area contributed by atoms with E-state index in [1.807, 2.05) is 18.5 Å². The van der Waals surface area contributed by atoms with E-state index in [1.54, 1.807) is 0 Å². The SMILES string of the molecule is CN1C2CCC1CC(O)(c1cccc3ccncc13)C2. The van der Waals surface area contributed by atoms with Crippen molar-refractivity contribution in [1.29, 1.82) is 0 Å². The number of piperidine rings is 1. The topological polar surface area (TPSA) is 36.4 Å². The summed E-state index contributed by atoms with van der Waals surface area (Å²) in [4.78, 5) is 6.70. The minimum Gasteiger partial charge on any atom is -0.385 e. The highest BCUT2D eigenvalue weighted by Gasteiger charge is 2.47. The quantitative estimate of drug-likeness (QED) is 0.864. The Hall–Kier alpha value is -1.45. The predicted octanol–water partition coefficient (Wildman–Crippen LogP) is 2.68. The van der Waals surface area contributed by atoms with Gasteiger partial charge in [0.2, 0.25) is 0 Å². The van der Waals surface area contributed by atoms with Gasteiger partial charge in [0.15, 0.2) is 0 Å². The average molecular weight is 268 g/mol. The van der Waals surface area contributed by atoms with Crippen LogP contribution < -0.4 is 0 Å². The van der Waals surface area contributed by atoms with Crippen LogP contribution in [-0.4, -0.2) is 34.1 Å². The third kappa shape index (κ3) is 1.70. The molecule has 4 rings (SSSR count). The Morgan fingerprint density at radius 1 is 1.20 bits per heavy atom. The van der Waals surface area contributed by atoms with Crippen LogP contribution in [0.4, 0.5) is 0 Å². The van der Waals surface area contributed by atoms with Gasteiger partial charge in [-0.15, -0.1) is 0 Å². The molecule has 2 aromatic rings. The van der Waals surface area contributed by atoms with Crippen LogP contribution in [0.5, 0.6) is 0 Å². The van der Waals surface area contributed by atoms with Crippen molar-refractivity contribution in [1.82, 2.24) is 9.88 Å². The highest BCUT2D eigenvalue weighted by atomic mass is 16.3. The Labute approximate surface area is 119 Å². The second kappa shape index (κ2) is 4.27. The fourth-order valence-corrected chi connectivity index (χ4v) is 4.18. The molecule has 2 unspecified atom stereocenters. The summed E-state index contributed by atoms with van der Waals surface area (Å²) in [5, 5.41) is 13.5. The number of fused-ring (bicyclic) bond motifs is 3. The van der Waals surface area contributed by atoms with Gasteiger partial charge >= 0.3 is 0 Å². The van der Waals surface area contributed by atoms with Gasteiger partial charge in [0.1, 0.15) is 0 Å². The Balaban J connectivity index is 1.83. The van der Waals surface area contributed by atoms with Crippen molar-refractivity contribution in [2.75, 3.05) is 7.05 Å². The molecule has 0 saturated carbocycles. The Morgan fingerprint density at radius 3 is 2.70 bits per heavy atom. The summed E-state index contributed by atoms with van der Waals surface area (Å²) < 4.78 is 0. The van der Waals surface area contributed by atoms with Crippen LogP contribution in [0, 0.1) is 0 Å². The predicted molar refractivity (Wildman–Crippen MR) is 79.4 cm³/mol. The monoisotopic (exact) mass is 268 g/mol. The van der Waals surface area contributed by atoms with Gasteiger partial charge in [-0.1, -0.05) is 18.2 Å². The standard InChI is InChI=1S/C17H20N2O/c1-19-13-5-6-14(19)10-17(20,9-13)16-4-2-3-12-7-8-18-11-15(12)16/h2-4,7-8,11,13-14,20H,5-6,9-10H2,1H3. The molecular weight excluding hydrogens is 248 g/mol. The molecule has 0 radical (unpaired) electrons. The first kappa shape index (κ1) is 12.3. The lowest BCUT2D eigenvalue weighted by molar-refractivity contribution is -0.0482. The Kier molecular flexibility index (Phi) is 2.63. The number of rotatable bonds is 1. The van der Waals surface area contributed by atoms with E-state index in [4.69, 9.17) is 0 Å². The van der Waals surface area contributed by atoms with Crippen LogP contribution in [0.1, 0.15) is 31.2 Å². The third-order valence-corrected chi connectivity index (χ3v) is 5.32. The van der Waals surface area contributed by atoms with Gasteiger partial charge < -0.3 is 10.0 Å². The van der Waals surface area contributed by atoms with Gasteiger partial charge in [0.05, 0.1) is 5.60 Å². The van der Waals surface area contributed by atoms with E-state index in [2.05, 4.69) is 35.1 Å². The molecule has 1 aromatic heterocycles. The molecule has 104 valence electrons. The first-order valence-corrected chi connectivity index (χ1v) is 7.45. The molecule has 20 heavy (non-hydrogen) atoms. The van der Waals surface area contributed by atoms with E-state index < -0.39 is 5.60 Å². The van der Waals surface area contributed by atoms with Crippen LogP contribution in [0.2, 0.25) is 0 Å². The number of hydrogen-bond donors (Lipinski definition) is 1. The average Bonchev–Trinajstić information content (AvgIpc) is 2.70. The molecule has 2 saturated heterocycles. The van der Waals surface area contributed by atoms with Gasteiger partial charge in [0.25, 0.3) is 0 Å². The minimum absolute atomic E-state index is 0.519. The maximum absolute atomic E-state index is 11.3. The van der Waals surface area contributed by atoms with Crippen LogP contribution >= 0.6 is 0 Å². The third-order valence-electron chi connectivity index (χ3n) is 5.32. The molecule has 0 spiro atoms. The number of aromatic nitrogens is 1. The second-order valence-corrected chi connectivity index (χ2v) is 6.39. The van der Waals surface area contributed by atoms with Crippen molar-refractivity contribution in [2.24, 2.45) is 0 Å². The van der Waals surface area contributed by atoms with E-state index in [-0.39, 0.29) is 0 Å². The number of hydrogen-bond acceptors (Lipinski definition) is 3. The summed E-state index contributed by atoms with van der Waals surface area (Å²) in [5.74, 6) is 0. The lowest BCUT2D eigenvalue weighted by atomic mass is 9.79. The zero-order chi connectivity index (χ0) is 13.7. The highest BCUT2D eigenvalue weighted by Crippen LogP contribution is 2.46. The van der Waals surface area contributed by atoms with Crippen LogP contribution in [0.15, 0.2) is 36.7 Å². The lowest BCUT2D eigenvalue weighted by Gasteiger charge is -2.42. The summed E-state index contributed by atoms with van der Waals surface area (Å²) in [6.07, 6.45) is 7.82. The maximum atomic E-state index is 11.3. The fraction of sp³-hybridized carbons (Fsp3) is 0.471. The van der Waals surface area contributed by atoms with Crippen LogP contribution in [-0.2, 0) is 5.60 Å². The molecule has 3 heterocycles. The van der Waals surface area contributed by atoms with Crippen molar-refractivity contribution in [3.8, 4) is 0 Å². The molecule has 2 aliphatic heterocycles. The highest BCUT2D eigenvalue weighted by molar-refractivity contribution is 5.85. The molecule has 2 atom stereocenters. The van der Waals surface area contributed by atoms with Gasteiger partial charge in [-0.25, -0.2) is 0 Å². The molecule has 2 aliphatic rings. The number of pyridine rings is 1. The summed E-state index contributed by atoms with van der Waals surface area (Å²) in [7, 11) is 2.20. The molecule has 2 bridgehead atoms. The summed E-state index contributed by atoms with van der Waals surface area (Å²) in [5.41, 5.74) is 0.369. The fourth-order valence-electron chi connectivity index (χ4n) is 4.18. The van der Waals surface area contributed by atoms with E-state index in [0.29, 0.717) is 12.1 Å². The first-order valence-electron chi connectivity index (χ1n) is 7.45. The maximum Gasteiger partial charge on any atom is 0.0932 e. The van der Waals surface area contributed by atoms with Crippen molar-refractivity contribution < 1.29 is 5.11 Å². The van der Waals surface area contributed by atoms with Gasteiger partial charge in [-0.2, -0.15) is 0 Å². The van der Waals surface area contributed by atoms with Crippen molar-refractivity contribution in [3.63, 3.8) is 0 Å². The van der Waals surface area contributed by atoms with E-state index in [1.165, 1.54) is 12.8 Å². The molecule has 2 fully saturated rings. The zero-order valence-electron chi connectivity index (χ0n) is 11.8. The molecule has 1 aromatic carbocycles. The smallest absolute Gasteiger partial charge is 0.0932 e. The van der Waals surface area contributed by atoms with E-state index in [0.717, 1.165) is 29.2 Å². The largest absolute Gasteiger partial charge is 0.385 e.